The van der Waals surface area contributed by atoms with Crippen molar-refractivity contribution in [3.05, 3.63) is 30.1 Å². The first-order valence-corrected chi connectivity index (χ1v) is 5.39. The van der Waals surface area contributed by atoms with Gasteiger partial charge in [0, 0.05) is 6.07 Å². The Labute approximate surface area is 102 Å². The second kappa shape index (κ2) is 4.58. The van der Waals surface area contributed by atoms with Gasteiger partial charge in [-0.1, -0.05) is 0 Å². The Balaban J connectivity index is 2.23. The van der Waals surface area contributed by atoms with Gasteiger partial charge in [-0.25, -0.2) is 8.78 Å². The summed E-state index contributed by atoms with van der Waals surface area (Å²) >= 11 is 0. The second-order valence-corrected chi connectivity index (χ2v) is 4.13. The number of rotatable bonds is 3. The lowest BCUT2D eigenvalue weighted by Gasteiger charge is -2.12. The van der Waals surface area contributed by atoms with Crippen molar-refractivity contribution in [1.82, 2.24) is 0 Å². The molecular weight excluding hydrogens is 246 g/mol. The summed E-state index contributed by atoms with van der Waals surface area (Å²) in [6, 6.07) is 3.00. The number of carbonyl (C=O) groups is 1. The van der Waals surface area contributed by atoms with Crippen molar-refractivity contribution < 1.29 is 28.0 Å². The highest BCUT2D eigenvalue weighted by Gasteiger charge is 2.53. The lowest BCUT2D eigenvalue weighted by atomic mass is 10.1. The van der Waals surface area contributed by atoms with E-state index in [9.17, 15) is 13.6 Å². The van der Waals surface area contributed by atoms with Gasteiger partial charge in [-0.05, 0) is 6.07 Å². The fraction of sp³-hybridized carbons (Fsp3) is 0.455. The summed E-state index contributed by atoms with van der Waals surface area (Å²) in [7, 11) is 0. The van der Waals surface area contributed by atoms with Crippen molar-refractivity contribution >= 4 is 5.91 Å². The minimum atomic E-state index is -3.09. The Bertz CT molecular complexity index is 467. The Morgan fingerprint density at radius 3 is 2.94 bits per heavy atom. The first kappa shape index (κ1) is 12.8. The number of halogens is 2. The van der Waals surface area contributed by atoms with Gasteiger partial charge >= 0.3 is 0 Å². The highest BCUT2D eigenvalue weighted by Crippen LogP contribution is 2.38. The van der Waals surface area contributed by atoms with Gasteiger partial charge in [0.15, 0.2) is 18.5 Å². The third-order valence-corrected chi connectivity index (χ3v) is 2.84. The van der Waals surface area contributed by atoms with E-state index < -0.39 is 37.2 Å². The number of hydrogen-bond donors (Lipinski definition) is 2. The topological polar surface area (TPSA) is 76.4 Å². The molecule has 0 bridgehead atoms. The molecule has 0 unspecified atom stereocenters. The van der Waals surface area contributed by atoms with Crippen LogP contribution in [0.25, 0.3) is 0 Å². The maximum Gasteiger partial charge on any atom is 0.285 e. The van der Waals surface area contributed by atoms with Crippen LogP contribution in [0.2, 0.25) is 0 Å². The average molecular weight is 259 g/mol. The number of carbonyl (C=O) groups excluding carboxylic acids is 1. The smallest absolute Gasteiger partial charge is 0.285 e. The van der Waals surface area contributed by atoms with E-state index in [0.717, 1.165) is 0 Å². The predicted molar refractivity (Wildman–Crippen MR) is 55.7 cm³/mol. The normalized spacial score (nSPS) is 26.2. The number of amides is 1. The van der Waals surface area contributed by atoms with E-state index in [1.54, 1.807) is 0 Å². The van der Waals surface area contributed by atoms with Crippen LogP contribution < -0.4 is 10.3 Å². The summed E-state index contributed by atoms with van der Waals surface area (Å²) in [5.74, 6) is -3.73. The van der Waals surface area contributed by atoms with E-state index >= 15 is 0 Å². The number of aliphatic hydroxyl groups excluding tert-OH is 1. The number of ether oxygens (including phenoxy) is 1. The van der Waals surface area contributed by atoms with Gasteiger partial charge in [-0.2, -0.15) is 4.57 Å². The Morgan fingerprint density at radius 2 is 2.39 bits per heavy atom. The number of alkyl halides is 2. The molecule has 18 heavy (non-hydrogen) atoms. The highest BCUT2D eigenvalue weighted by molar-refractivity contribution is 5.92. The third kappa shape index (κ3) is 2.32. The Morgan fingerprint density at radius 1 is 1.67 bits per heavy atom. The van der Waals surface area contributed by atoms with E-state index in [-0.39, 0.29) is 5.56 Å². The molecule has 1 aliphatic rings. The minimum Gasteiger partial charge on any atom is -0.393 e. The van der Waals surface area contributed by atoms with Crippen LogP contribution in [0.5, 0.6) is 0 Å². The summed E-state index contributed by atoms with van der Waals surface area (Å²) in [6.07, 6.45) is -0.135. The van der Waals surface area contributed by atoms with Gasteiger partial charge in [0.05, 0.1) is 6.61 Å². The van der Waals surface area contributed by atoms with Gasteiger partial charge in [0.2, 0.25) is 0 Å². The van der Waals surface area contributed by atoms with E-state index in [2.05, 4.69) is 0 Å². The number of aromatic nitrogens is 1. The molecule has 1 aliphatic heterocycles. The molecule has 0 saturated carbocycles. The molecule has 1 saturated heterocycles. The average Bonchev–Trinajstić information content (AvgIpc) is 2.64. The number of nitrogens with two attached hydrogens (primary N) is 1. The Hall–Kier alpha value is -1.60. The molecule has 2 heterocycles. The fourth-order valence-corrected chi connectivity index (χ4v) is 1.87. The molecule has 1 amide bonds. The number of hydrogen-bond acceptors (Lipinski definition) is 3. The predicted octanol–water partition coefficient (Wildman–Crippen LogP) is -0.0119. The zero-order chi connectivity index (χ0) is 13.3. The molecule has 0 aromatic carbocycles. The largest absolute Gasteiger partial charge is 0.393 e. The monoisotopic (exact) mass is 259 g/mol. The molecule has 0 spiro atoms. The van der Waals surface area contributed by atoms with E-state index in [0.29, 0.717) is 0 Å². The van der Waals surface area contributed by atoms with E-state index in [1.807, 2.05) is 0 Å². The third-order valence-electron chi connectivity index (χ3n) is 2.84. The van der Waals surface area contributed by atoms with Crippen LogP contribution in [0.4, 0.5) is 8.78 Å². The van der Waals surface area contributed by atoms with Crippen LogP contribution in [-0.2, 0) is 4.74 Å². The van der Waals surface area contributed by atoms with Gasteiger partial charge < -0.3 is 15.6 Å². The minimum absolute atomic E-state index is 0.205. The van der Waals surface area contributed by atoms with Crippen LogP contribution in [0.1, 0.15) is 23.0 Å². The summed E-state index contributed by atoms with van der Waals surface area (Å²) in [5.41, 5.74) is 5.31. The number of aliphatic hydroxyl groups is 1. The number of primary amides is 1. The van der Waals surface area contributed by atoms with Gasteiger partial charge in [-0.3, -0.25) is 4.79 Å². The zero-order valence-electron chi connectivity index (χ0n) is 9.42. The quantitative estimate of drug-likeness (QED) is 0.749. The highest BCUT2D eigenvalue weighted by atomic mass is 19.3. The molecule has 7 heteroatoms. The summed E-state index contributed by atoms with van der Waals surface area (Å²) in [4.78, 5) is 11.0. The van der Waals surface area contributed by atoms with Crippen LogP contribution in [-0.4, -0.2) is 29.6 Å². The van der Waals surface area contributed by atoms with Crippen molar-refractivity contribution in [2.45, 2.75) is 24.7 Å². The molecule has 2 rings (SSSR count). The molecular formula is C11H13F2N2O3+. The van der Waals surface area contributed by atoms with Crippen LogP contribution >= 0.6 is 0 Å². The molecule has 5 nitrogen and oxygen atoms in total. The lowest BCUT2D eigenvalue weighted by molar-refractivity contribution is -0.759. The number of nitrogens with zero attached hydrogens (tertiary/aromatic N) is 1. The Kier molecular flexibility index (Phi) is 3.27. The van der Waals surface area contributed by atoms with Crippen molar-refractivity contribution in [3.8, 4) is 0 Å². The molecule has 98 valence electrons. The molecule has 1 fully saturated rings. The van der Waals surface area contributed by atoms with Crippen molar-refractivity contribution in [2.24, 2.45) is 5.73 Å². The second-order valence-electron chi connectivity index (χ2n) is 4.13. The van der Waals surface area contributed by atoms with E-state index in [1.165, 1.54) is 29.1 Å². The maximum atomic E-state index is 13.4. The summed E-state index contributed by atoms with van der Waals surface area (Å²) in [6.45, 7) is -0.750. The number of pyridine rings is 1. The van der Waals surface area contributed by atoms with Crippen molar-refractivity contribution in [1.29, 1.82) is 0 Å². The summed E-state index contributed by atoms with van der Waals surface area (Å²) in [5, 5.41) is 8.82. The van der Waals surface area contributed by atoms with Gasteiger partial charge in [0.25, 0.3) is 18.1 Å². The summed E-state index contributed by atoms with van der Waals surface area (Å²) < 4.78 is 33.2. The maximum absolute atomic E-state index is 13.4. The first-order valence-electron chi connectivity index (χ1n) is 5.39. The van der Waals surface area contributed by atoms with E-state index in [4.69, 9.17) is 15.6 Å². The molecule has 2 atom stereocenters. The van der Waals surface area contributed by atoms with Gasteiger partial charge in [-0.15, -0.1) is 0 Å². The molecule has 1 aromatic heterocycles. The zero-order valence-corrected chi connectivity index (χ0v) is 9.42. The van der Waals surface area contributed by atoms with Crippen LogP contribution in [0.3, 0.4) is 0 Å². The first-order chi connectivity index (χ1) is 8.44. The molecule has 3 N–H and O–H groups in total. The molecule has 1 aromatic rings. The lowest BCUT2D eigenvalue weighted by Crippen LogP contribution is -2.40. The van der Waals surface area contributed by atoms with Gasteiger partial charge in [0.1, 0.15) is 12.0 Å². The van der Waals surface area contributed by atoms with Crippen LogP contribution in [0, 0.1) is 0 Å². The molecule has 0 aliphatic carbocycles. The van der Waals surface area contributed by atoms with Crippen LogP contribution in [0.15, 0.2) is 24.5 Å². The van der Waals surface area contributed by atoms with Crippen molar-refractivity contribution in [2.75, 3.05) is 6.61 Å². The SMILES string of the molecule is NC(=O)c1ccc[n+]([C@@H]2CC(F)(F)[C@@H](CO)O2)c1. The fourth-order valence-electron chi connectivity index (χ4n) is 1.87. The standard InChI is InChI=1S/C11H12F2N2O3/c12-11(13)4-9(18-8(11)6-16)15-3-1-2-7(5-15)10(14)17/h1-3,5,8-9,16H,4,6H2,(H-,14,17)/p+1/t8-,9+/m1/s1. The van der Waals surface area contributed by atoms with Crippen molar-refractivity contribution in [3.63, 3.8) is 0 Å². The molecule has 0 radical (unpaired) electrons.